The van der Waals surface area contributed by atoms with Gasteiger partial charge in [-0.3, -0.25) is 0 Å². The van der Waals surface area contributed by atoms with Crippen LogP contribution in [0.3, 0.4) is 0 Å². The first-order valence-electron chi connectivity index (χ1n) is 6.87. The molecule has 0 unspecified atom stereocenters. The predicted octanol–water partition coefficient (Wildman–Crippen LogP) is 3.71. The molecule has 2 aromatic carbocycles. The molecule has 108 valence electrons. The normalized spacial score (nSPS) is 9.80. The molecule has 0 aliphatic heterocycles. The highest BCUT2D eigenvalue weighted by Gasteiger charge is 1.93. The summed E-state index contributed by atoms with van der Waals surface area (Å²) in [5.41, 5.74) is 1.38. The van der Waals surface area contributed by atoms with Gasteiger partial charge in [-0.25, -0.2) is 0 Å². The van der Waals surface area contributed by atoms with Crippen molar-refractivity contribution in [2.45, 2.75) is 12.8 Å². The summed E-state index contributed by atoms with van der Waals surface area (Å²) in [7, 11) is 0. The summed E-state index contributed by atoms with van der Waals surface area (Å²) < 4.78 is 5.63. The monoisotopic (exact) mass is 291 g/mol. The number of rotatable bonds is 8. The molecule has 0 amide bonds. The molecule has 0 radical (unpaired) electrons. The second kappa shape index (κ2) is 10.3. The van der Waals surface area contributed by atoms with Gasteiger partial charge in [0.25, 0.3) is 0 Å². The molecule has 0 saturated heterocycles. The second-order valence-electron chi connectivity index (χ2n) is 4.50. The predicted molar refractivity (Wildman–Crippen MR) is 86.8 cm³/mol. The minimum absolute atomic E-state index is 0. The molecule has 0 heterocycles. The second-order valence-corrected chi connectivity index (χ2v) is 4.50. The Balaban J connectivity index is 0.00000200. The Morgan fingerprint density at radius 2 is 1.45 bits per heavy atom. The smallest absolute Gasteiger partial charge is 0.119 e. The van der Waals surface area contributed by atoms with E-state index in [0.29, 0.717) is 0 Å². The molecule has 2 aromatic rings. The lowest BCUT2D eigenvalue weighted by Gasteiger charge is -2.07. The van der Waals surface area contributed by atoms with E-state index in [1.54, 1.807) is 0 Å². The molecule has 2 rings (SSSR count). The van der Waals surface area contributed by atoms with Gasteiger partial charge < -0.3 is 10.1 Å². The largest absolute Gasteiger partial charge is 0.494 e. The SMILES string of the molecule is Cl.c1ccc(CCNCCCOc2ccccc2)cc1. The number of hydrogen-bond acceptors (Lipinski definition) is 2. The van der Waals surface area contributed by atoms with Gasteiger partial charge in [0.15, 0.2) is 0 Å². The van der Waals surface area contributed by atoms with Crippen LogP contribution >= 0.6 is 12.4 Å². The Hall–Kier alpha value is -1.51. The third-order valence-electron chi connectivity index (χ3n) is 2.94. The van der Waals surface area contributed by atoms with Crippen molar-refractivity contribution in [3.05, 3.63) is 66.2 Å². The molecule has 0 aliphatic rings. The molecular weight excluding hydrogens is 270 g/mol. The highest BCUT2D eigenvalue weighted by Crippen LogP contribution is 2.08. The Bertz CT molecular complexity index is 404. The zero-order valence-electron chi connectivity index (χ0n) is 11.6. The summed E-state index contributed by atoms with van der Waals surface area (Å²) in [5, 5.41) is 3.44. The highest BCUT2D eigenvalue weighted by molar-refractivity contribution is 5.85. The lowest BCUT2D eigenvalue weighted by Crippen LogP contribution is -2.20. The molecular formula is C17H22ClNO. The van der Waals surface area contributed by atoms with Gasteiger partial charge in [0, 0.05) is 0 Å². The van der Waals surface area contributed by atoms with Crippen LogP contribution in [-0.4, -0.2) is 19.7 Å². The van der Waals surface area contributed by atoms with Crippen LogP contribution in [0.4, 0.5) is 0 Å². The van der Waals surface area contributed by atoms with E-state index < -0.39 is 0 Å². The quantitative estimate of drug-likeness (QED) is 0.749. The van der Waals surface area contributed by atoms with Crippen molar-refractivity contribution in [3.8, 4) is 5.75 Å². The Kier molecular flexibility index (Phi) is 8.52. The summed E-state index contributed by atoms with van der Waals surface area (Å²) in [5.74, 6) is 0.951. The van der Waals surface area contributed by atoms with E-state index in [-0.39, 0.29) is 12.4 Å². The number of halogens is 1. The van der Waals surface area contributed by atoms with Crippen LogP contribution in [-0.2, 0) is 6.42 Å². The van der Waals surface area contributed by atoms with Crippen molar-refractivity contribution in [1.82, 2.24) is 5.32 Å². The molecule has 3 heteroatoms. The number of benzene rings is 2. The minimum Gasteiger partial charge on any atom is -0.494 e. The van der Waals surface area contributed by atoms with Gasteiger partial charge in [-0.15, -0.1) is 12.4 Å². The molecule has 20 heavy (non-hydrogen) atoms. The number of para-hydroxylation sites is 1. The topological polar surface area (TPSA) is 21.3 Å². The summed E-state index contributed by atoms with van der Waals surface area (Å²) in [4.78, 5) is 0. The molecule has 0 saturated carbocycles. The molecule has 0 aromatic heterocycles. The van der Waals surface area contributed by atoms with Gasteiger partial charge >= 0.3 is 0 Å². The van der Waals surface area contributed by atoms with E-state index in [2.05, 4.69) is 35.6 Å². The lowest BCUT2D eigenvalue weighted by molar-refractivity contribution is 0.308. The van der Waals surface area contributed by atoms with E-state index in [1.807, 2.05) is 30.3 Å². The van der Waals surface area contributed by atoms with Crippen LogP contribution in [0.2, 0.25) is 0 Å². The maximum atomic E-state index is 5.63. The summed E-state index contributed by atoms with van der Waals surface area (Å²) >= 11 is 0. The van der Waals surface area contributed by atoms with E-state index in [4.69, 9.17) is 4.74 Å². The first-order valence-corrected chi connectivity index (χ1v) is 6.87. The van der Waals surface area contributed by atoms with E-state index in [1.165, 1.54) is 5.56 Å². The van der Waals surface area contributed by atoms with Gasteiger partial charge in [0.05, 0.1) is 6.61 Å². The van der Waals surface area contributed by atoms with Gasteiger partial charge in [0.1, 0.15) is 5.75 Å². The van der Waals surface area contributed by atoms with Crippen molar-refractivity contribution in [3.63, 3.8) is 0 Å². The van der Waals surface area contributed by atoms with E-state index >= 15 is 0 Å². The first-order chi connectivity index (χ1) is 9.45. The maximum Gasteiger partial charge on any atom is 0.119 e. The third-order valence-corrected chi connectivity index (χ3v) is 2.94. The molecule has 0 fully saturated rings. The summed E-state index contributed by atoms with van der Waals surface area (Å²) in [6.45, 7) is 2.79. The average Bonchev–Trinajstić information content (AvgIpc) is 2.48. The Labute approximate surface area is 127 Å². The van der Waals surface area contributed by atoms with Gasteiger partial charge in [0.2, 0.25) is 0 Å². The standard InChI is InChI=1S/C17H21NO.ClH/c1-3-8-16(9-4-1)12-14-18-13-7-15-19-17-10-5-2-6-11-17;/h1-6,8-11,18H,7,12-15H2;1H. The van der Waals surface area contributed by atoms with Crippen molar-refractivity contribution >= 4 is 12.4 Å². The van der Waals surface area contributed by atoms with Crippen molar-refractivity contribution < 1.29 is 4.74 Å². The van der Waals surface area contributed by atoms with Gasteiger partial charge in [-0.2, -0.15) is 0 Å². The fraction of sp³-hybridized carbons (Fsp3) is 0.294. The van der Waals surface area contributed by atoms with Crippen molar-refractivity contribution in [1.29, 1.82) is 0 Å². The molecule has 0 aliphatic carbocycles. The molecule has 0 bridgehead atoms. The van der Waals surface area contributed by atoms with Crippen molar-refractivity contribution in [2.24, 2.45) is 0 Å². The van der Waals surface area contributed by atoms with Gasteiger partial charge in [-0.1, -0.05) is 48.5 Å². The van der Waals surface area contributed by atoms with E-state index in [9.17, 15) is 0 Å². The summed E-state index contributed by atoms with van der Waals surface area (Å²) in [6, 6.07) is 20.5. The van der Waals surface area contributed by atoms with Crippen LogP contribution < -0.4 is 10.1 Å². The Morgan fingerprint density at radius 1 is 0.800 bits per heavy atom. The van der Waals surface area contributed by atoms with Crippen LogP contribution in [0.5, 0.6) is 5.75 Å². The number of hydrogen-bond donors (Lipinski definition) is 1. The molecule has 0 spiro atoms. The van der Waals surface area contributed by atoms with Gasteiger partial charge in [-0.05, 0) is 43.6 Å². The van der Waals surface area contributed by atoms with Crippen molar-refractivity contribution in [2.75, 3.05) is 19.7 Å². The average molecular weight is 292 g/mol. The summed E-state index contributed by atoms with van der Waals surface area (Å²) in [6.07, 6.45) is 2.12. The zero-order chi connectivity index (χ0) is 13.2. The van der Waals surface area contributed by atoms with Crippen LogP contribution in [0.15, 0.2) is 60.7 Å². The minimum atomic E-state index is 0. The molecule has 1 N–H and O–H groups in total. The molecule has 0 atom stereocenters. The fourth-order valence-electron chi connectivity index (χ4n) is 1.91. The number of nitrogens with one attached hydrogen (secondary N) is 1. The number of ether oxygens (including phenoxy) is 1. The van der Waals surface area contributed by atoms with Crippen LogP contribution in [0.1, 0.15) is 12.0 Å². The van der Waals surface area contributed by atoms with Crippen LogP contribution in [0.25, 0.3) is 0 Å². The molecule has 2 nitrogen and oxygen atoms in total. The lowest BCUT2D eigenvalue weighted by atomic mass is 10.1. The van der Waals surface area contributed by atoms with Crippen LogP contribution in [0, 0.1) is 0 Å². The zero-order valence-corrected chi connectivity index (χ0v) is 12.4. The third kappa shape index (κ3) is 6.60. The first kappa shape index (κ1) is 16.5. The Morgan fingerprint density at radius 3 is 2.15 bits per heavy atom. The fourth-order valence-corrected chi connectivity index (χ4v) is 1.91. The van der Waals surface area contributed by atoms with E-state index in [0.717, 1.165) is 38.3 Å². The highest BCUT2D eigenvalue weighted by atomic mass is 35.5. The maximum absolute atomic E-state index is 5.63.